The van der Waals surface area contributed by atoms with Crippen molar-refractivity contribution in [1.29, 1.82) is 0 Å². The fourth-order valence-electron chi connectivity index (χ4n) is 1.56. The van der Waals surface area contributed by atoms with Crippen molar-refractivity contribution < 1.29 is 9.90 Å². The molecule has 1 aromatic heterocycles. The number of pyridine rings is 1. The predicted octanol–water partition coefficient (Wildman–Crippen LogP) is 1.34. The van der Waals surface area contributed by atoms with E-state index >= 15 is 0 Å². The molecule has 18 heavy (non-hydrogen) atoms. The zero-order chi connectivity index (χ0) is 13.1. The molecule has 5 nitrogen and oxygen atoms in total. The van der Waals surface area contributed by atoms with Crippen LogP contribution in [0, 0.1) is 0 Å². The van der Waals surface area contributed by atoms with Gasteiger partial charge in [0.1, 0.15) is 5.69 Å². The highest BCUT2D eigenvalue weighted by molar-refractivity contribution is 6.03. The lowest BCUT2D eigenvalue weighted by atomic mass is 10.2. The van der Waals surface area contributed by atoms with E-state index in [1.54, 1.807) is 31.3 Å². The Morgan fingerprint density at radius 1 is 1.28 bits per heavy atom. The Morgan fingerprint density at radius 3 is 2.61 bits per heavy atom. The Hall–Kier alpha value is -2.56. The molecule has 2 rings (SSSR count). The molecule has 92 valence electrons. The summed E-state index contributed by atoms with van der Waals surface area (Å²) < 4.78 is 1.40. The average Bonchev–Trinajstić information content (AvgIpc) is 2.35. The second-order valence-corrected chi connectivity index (χ2v) is 3.84. The molecule has 0 aliphatic heterocycles. The molecule has 0 bridgehead atoms. The SMILES string of the molecule is Cn1cc(O)c(=O)cc1C(=O)Nc1ccccc1. The van der Waals surface area contributed by atoms with Gasteiger partial charge >= 0.3 is 0 Å². The van der Waals surface area contributed by atoms with Gasteiger partial charge in [0.2, 0.25) is 5.43 Å². The maximum atomic E-state index is 11.9. The predicted molar refractivity (Wildman–Crippen MR) is 67.7 cm³/mol. The van der Waals surface area contributed by atoms with Gasteiger partial charge in [0.15, 0.2) is 5.75 Å². The minimum atomic E-state index is -0.577. The van der Waals surface area contributed by atoms with Crippen molar-refractivity contribution in [3.63, 3.8) is 0 Å². The first kappa shape index (κ1) is 11.9. The second kappa shape index (κ2) is 4.75. The fourth-order valence-corrected chi connectivity index (χ4v) is 1.56. The third-order valence-electron chi connectivity index (χ3n) is 2.48. The van der Waals surface area contributed by atoms with E-state index in [-0.39, 0.29) is 11.4 Å². The van der Waals surface area contributed by atoms with Crippen molar-refractivity contribution in [2.24, 2.45) is 7.05 Å². The highest BCUT2D eigenvalue weighted by Gasteiger charge is 2.11. The van der Waals surface area contributed by atoms with E-state index in [2.05, 4.69) is 5.32 Å². The molecule has 0 saturated carbocycles. The number of hydrogen-bond donors (Lipinski definition) is 2. The number of aromatic hydroxyl groups is 1. The van der Waals surface area contributed by atoms with E-state index in [4.69, 9.17) is 0 Å². The Labute approximate surface area is 103 Å². The number of benzene rings is 1. The number of anilines is 1. The van der Waals surface area contributed by atoms with Crippen LogP contribution in [0.2, 0.25) is 0 Å². The number of amides is 1. The normalized spacial score (nSPS) is 10.1. The molecule has 5 heteroatoms. The van der Waals surface area contributed by atoms with Crippen LogP contribution in [0.25, 0.3) is 0 Å². The summed E-state index contributed by atoms with van der Waals surface area (Å²) in [5.74, 6) is -0.783. The number of carbonyl (C=O) groups excluding carboxylic acids is 1. The molecule has 0 radical (unpaired) electrons. The van der Waals surface area contributed by atoms with E-state index in [0.29, 0.717) is 5.69 Å². The van der Waals surface area contributed by atoms with Crippen LogP contribution in [0.5, 0.6) is 5.75 Å². The Kier molecular flexibility index (Phi) is 3.14. The van der Waals surface area contributed by atoms with Gasteiger partial charge in [0.05, 0.1) is 6.20 Å². The van der Waals surface area contributed by atoms with E-state index in [1.165, 1.54) is 10.8 Å². The van der Waals surface area contributed by atoms with Crippen LogP contribution in [-0.2, 0) is 7.05 Å². The zero-order valence-corrected chi connectivity index (χ0v) is 9.75. The van der Waals surface area contributed by atoms with Crippen molar-refractivity contribution in [2.45, 2.75) is 0 Å². The van der Waals surface area contributed by atoms with Gasteiger partial charge in [0, 0.05) is 18.8 Å². The summed E-state index contributed by atoms with van der Waals surface area (Å²) in [7, 11) is 1.58. The Balaban J connectivity index is 2.30. The molecular formula is C13H12N2O3. The van der Waals surface area contributed by atoms with Crippen LogP contribution in [0.1, 0.15) is 10.5 Å². The van der Waals surface area contributed by atoms with E-state index in [9.17, 15) is 14.7 Å². The molecule has 0 spiro atoms. The first-order valence-electron chi connectivity index (χ1n) is 5.34. The van der Waals surface area contributed by atoms with Crippen LogP contribution in [0.4, 0.5) is 5.69 Å². The first-order valence-corrected chi connectivity index (χ1v) is 5.34. The van der Waals surface area contributed by atoms with Gasteiger partial charge in [-0.05, 0) is 12.1 Å². The summed E-state index contributed by atoms with van der Waals surface area (Å²) >= 11 is 0. The lowest BCUT2D eigenvalue weighted by Gasteiger charge is -2.09. The number of para-hydroxylation sites is 1. The summed E-state index contributed by atoms with van der Waals surface area (Å²) in [4.78, 5) is 23.3. The van der Waals surface area contributed by atoms with Crippen LogP contribution in [0.15, 0.2) is 47.4 Å². The Morgan fingerprint density at radius 2 is 1.94 bits per heavy atom. The monoisotopic (exact) mass is 244 g/mol. The van der Waals surface area contributed by atoms with Gasteiger partial charge in [-0.3, -0.25) is 9.59 Å². The van der Waals surface area contributed by atoms with Crippen LogP contribution < -0.4 is 10.7 Å². The summed E-state index contributed by atoms with van der Waals surface area (Å²) in [6.07, 6.45) is 1.21. The topological polar surface area (TPSA) is 71.3 Å². The fraction of sp³-hybridized carbons (Fsp3) is 0.0769. The number of aryl methyl sites for hydroxylation is 1. The third-order valence-corrected chi connectivity index (χ3v) is 2.48. The summed E-state index contributed by atoms with van der Waals surface area (Å²) in [5, 5.41) is 11.9. The van der Waals surface area contributed by atoms with Crippen molar-refractivity contribution in [3.05, 3.63) is 58.5 Å². The van der Waals surface area contributed by atoms with Crippen molar-refractivity contribution in [2.75, 3.05) is 5.32 Å². The molecule has 1 aromatic carbocycles. The minimum absolute atomic E-state index is 0.182. The number of nitrogens with one attached hydrogen (secondary N) is 1. The van der Waals surface area contributed by atoms with E-state index < -0.39 is 11.3 Å². The highest BCUT2D eigenvalue weighted by atomic mass is 16.3. The molecule has 2 N–H and O–H groups in total. The zero-order valence-electron chi connectivity index (χ0n) is 9.75. The third kappa shape index (κ3) is 2.40. The lowest BCUT2D eigenvalue weighted by Crippen LogP contribution is -2.20. The molecule has 1 heterocycles. The molecule has 1 amide bonds. The number of carbonyl (C=O) groups is 1. The minimum Gasteiger partial charge on any atom is -0.503 e. The maximum absolute atomic E-state index is 11.9. The smallest absolute Gasteiger partial charge is 0.272 e. The van der Waals surface area contributed by atoms with Crippen LogP contribution in [0.3, 0.4) is 0 Å². The highest BCUT2D eigenvalue weighted by Crippen LogP contribution is 2.09. The van der Waals surface area contributed by atoms with E-state index in [0.717, 1.165) is 6.07 Å². The number of rotatable bonds is 2. The van der Waals surface area contributed by atoms with Gasteiger partial charge in [-0.1, -0.05) is 18.2 Å². The van der Waals surface area contributed by atoms with Crippen molar-refractivity contribution >= 4 is 11.6 Å². The molecule has 0 aliphatic rings. The van der Waals surface area contributed by atoms with Crippen molar-refractivity contribution in [1.82, 2.24) is 4.57 Å². The molecular weight excluding hydrogens is 232 g/mol. The molecule has 0 saturated heterocycles. The molecule has 0 aliphatic carbocycles. The summed E-state index contributed by atoms with van der Waals surface area (Å²) in [5.41, 5.74) is 0.246. The largest absolute Gasteiger partial charge is 0.503 e. The number of nitrogens with zero attached hydrogens (tertiary/aromatic N) is 1. The van der Waals surface area contributed by atoms with E-state index in [1.807, 2.05) is 6.07 Å². The number of hydrogen-bond acceptors (Lipinski definition) is 3. The van der Waals surface area contributed by atoms with Crippen LogP contribution >= 0.6 is 0 Å². The average molecular weight is 244 g/mol. The lowest BCUT2D eigenvalue weighted by molar-refractivity contribution is 0.101. The molecule has 0 fully saturated rings. The quantitative estimate of drug-likeness (QED) is 0.837. The van der Waals surface area contributed by atoms with Gasteiger partial charge in [-0.25, -0.2) is 0 Å². The van der Waals surface area contributed by atoms with Crippen LogP contribution in [-0.4, -0.2) is 15.6 Å². The molecule has 2 aromatic rings. The Bertz CT molecular complexity index is 632. The van der Waals surface area contributed by atoms with Gasteiger partial charge in [-0.15, -0.1) is 0 Å². The summed E-state index contributed by atoms with van der Waals surface area (Å²) in [6, 6.07) is 10.0. The second-order valence-electron chi connectivity index (χ2n) is 3.84. The van der Waals surface area contributed by atoms with Gasteiger partial charge in [0.25, 0.3) is 5.91 Å². The van der Waals surface area contributed by atoms with Crippen molar-refractivity contribution in [3.8, 4) is 5.75 Å². The summed E-state index contributed by atoms with van der Waals surface area (Å²) in [6.45, 7) is 0. The maximum Gasteiger partial charge on any atom is 0.272 e. The van der Waals surface area contributed by atoms with Gasteiger partial charge in [-0.2, -0.15) is 0 Å². The molecule has 0 atom stereocenters. The number of aromatic nitrogens is 1. The van der Waals surface area contributed by atoms with Gasteiger partial charge < -0.3 is 15.0 Å². The molecule has 0 unspecified atom stereocenters. The first-order chi connectivity index (χ1) is 8.58. The standard InChI is InChI=1S/C13H12N2O3/c1-15-8-12(17)11(16)7-10(15)13(18)14-9-5-3-2-4-6-9/h2-8,17H,1H3,(H,14,18).